The van der Waals surface area contributed by atoms with E-state index < -0.39 is 0 Å². The lowest BCUT2D eigenvalue weighted by Gasteiger charge is -2.07. The number of nitrogens with zero attached hydrogens (tertiary/aromatic N) is 2. The molecule has 0 bridgehead atoms. The van der Waals surface area contributed by atoms with Crippen molar-refractivity contribution < 1.29 is 8.78 Å². The third-order valence-electron chi connectivity index (χ3n) is 4.25. The standard InChI is InChI=1S/C20H14F2N2OS/c1-12-17(14-4-8-16(22)9-5-14)18-19(26-12)23-11-24(20(18)25)10-13-2-6-15(21)7-3-13/h2-9,11H,10H2,1H3. The second-order valence-corrected chi connectivity index (χ2v) is 7.23. The Morgan fingerprint density at radius 3 is 2.27 bits per heavy atom. The van der Waals surface area contributed by atoms with Gasteiger partial charge in [-0.1, -0.05) is 24.3 Å². The highest BCUT2D eigenvalue weighted by molar-refractivity contribution is 7.19. The number of hydrogen-bond acceptors (Lipinski definition) is 3. The van der Waals surface area contributed by atoms with E-state index in [1.165, 1.54) is 46.5 Å². The quantitative estimate of drug-likeness (QED) is 0.523. The van der Waals surface area contributed by atoms with Crippen molar-refractivity contribution in [3.05, 3.63) is 87.3 Å². The largest absolute Gasteiger partial charge is 0.294 e. The van der Waals surface area contributed by atoms with Crippen LogP contribution in [0.1, 0.15) is 10.4 Å². The van der Waals surface area contributed by atoms with Crippen molar-refractivity contribution in [2.24, 2.45) is 0 Å². The fourth-order valence-corrected chi connectivity index (χ4v) is 4.00. The summed E-state index contributed by atoms with van der Waals surface area (Å²) in [6.45, 7) is 2.23. The van der Waals surface area contributed by atoms with E-state index in [4.69, 9.17) is 0 Å². The minimum Gasteiger partial charge on any atom is -0.294 e. The van der Waals surface area contributed by atoms with Gasteiger partial charge in [0.1, 0.15) is 16.5 Å². The molecule has 6 heteroatoms. The number of aryl methyl sites for hydroxylation is 1. The van der Waals surface area contributed by atoms with Gasteiger partial charge in [0.15, 0.2) is 0 Å². The van der Waals surface area contributed by atoms with Gasteiger partial charge in [-0.25, -0.2) is 13.8 Å². The molecule has 4 rings (SSSR count). The first kappa shape index (κ1) is 16.6. The number of benzene rings is 2. The molecule has 0 aliphatic heterocycles. The summed E-state index contributed by atoms with van der Waals surface area (Å²) in [5.74, 6) is -0.639. The highest BCUT2D eigenvalue weighted by atomic mass is 32.1. The van der Waals surface area contributed by atoms with Crippen molar-refractivity contribution in [2.45, 2.75) is 13.5 Å². The van der Waals surface area contributed by atoms with Crippen LogP contribution >= 0.6 is 11.3 Å². The van der Waals surface area contributed by atoms with Gasteiger partial charge in [0.2, 0.25) is 0 Å². The van der Waals surface area contributed by atoms with E-state index in [-0.39, 0.29) is 17.2 Å². The van der Waals surface area contributed by atoms with Gasteiger partial charge in [-0.2, -0.15) is 0 Å². The second kappa shape index (κ2) is 6.46. The Bertz CT molecular complexity index is 1150. The Balaban J connectivity index is 1.86. The fourth-order valence-electron chi connectivity index (χ4n) is 3.00. The summed E-state index contributed by atoms with van der Waals surface area (Å²) in [6, 6.07) is 12.1. The molecule has 2 aromatic heterocycles. The summed E-state index contributed by atoms with van der Waals surface area (Å²) in [5.41, 5.74) is 2.22. The van der Waals surface area contributed by atoms with Crippen LogP contribution in [0, 0.1) is 18.6 Å². The Kier molecular flexibility index (Phi) is 4.12. The Labute approximate surface area is 152 Å². The third-order valence-corrected chi connectivity index (χ3v) is 5.27. The Morgan fingerprint density at radius 2 is 1.62 bits per heavy atom. The van der Waals surface area contributed by atoms with E-state index in [9.17, 15) is 13.6 Å². The molecule has 0 spiro atoms. The predicted octanol–water partition coefficient (Wildman–Crippen LogP) is 4.76. The summed E-state index contributed by atoms with van der Waals surface area (Å²) < 4.78 is 27.8. The first-order valence-electron chi connectivity index (χ1n) is 8.02. The molecular weight excluding hydrogens is 354 g/mol. The molecule has 0 fully saturated rings. The molecule has 0 atom stereocenters. The normalized spacial score (nSPS) is 11.2. The zero-order valence-corrected chi connectivity index (χ0v) is 14.7. The molecule has 2 aromatic carbocycles. The zero-order valence-electron chi connectivity index (χ0n) is 13.9. The highest BCUT2D eigenvalue weighted by Crippen LogP contribution is 2.35. The lowest BCUT2D eigenvalue weighted by Crippen LogP contribution is -2.21. The summed E-state index contributed by atoms with van der Waals surface area (Å²) in [5, 5.41) is 0.531. The molecular formula is C20H14F2N2OS. The second-order valence-electron chi connectivity index (χ2n) is 6.02. The summed E-state index contributed by atoms with van der Waals surface area (Å²) in [6.07, 6.45) is 1.51. The monoisotopic (exact) mass is 368 g/mol. The van der Waals surface area contributed by atoms with Crippen molar-refractivity contribution in [2.75, 3.05) is 0 Å². The van der Waals surface area contributed by atoms with Gasteiger partial charge in [-0.05, 0) is 42.3 Å². The molecule has 4 aromatic rings. The van der Waals surface area contributed by atoms with Crippen molar-refractivity contribution in [3.63, 3.8) is 0 Å². The molecule has 0 saturated heterocycles. The van der Waals surface area contributed by atoms with Crippen LogP contribution in [0.5, 0.6) is 0 Å². The van der Waals surface area contributed by atoms with Crippen LogP contribution in [-0.2, 0) is 6.54 Å². The maximum atomic E-state index is 13.3. The zero-order chi connectivity index (χ0) is 18.3. The Morgan fingerprint density at radius 1 is 1.00 bits per heavy atom. The third kappa shape index (κ3) is 2.93. The summed E-state index contributed by atoms with van der Waals surface area (Å²) in [7, 11) is 0. The molecule has 0 aliphatic rings. The molecule has 0 saturated carbocycles. The van der Waals surface area contributed by atoms with Gasteiger partial charge in [-0.15, -0.1) is 11.3 Å². The van der Waals surface area contributed by atoms with Crippen LogP contribution in [0.15, 0.2) is 59.7 Å². The van der Waals surface area contributed by atoms with Crippen LogP contribution in [0.25, 0.3) is 21.3 Å². The molecule has 0 radical (unpaired) electrons. The molecule has 0 aliphatic carbocycles. The summed E-state index contributed by atoms with van der Waals surface area (Å²) >= 11 is 1.44. The molecule has 0 unspecified atom stereocenters. The number of halogens is 2. The van der Waals surface area contributed by atoms with E-state index in [0.29, 0.717) is 16.8 Å². The summed E-state index contributed by atoms with van der Waals surface area (Å²) in [4.78, 5) is 19.1. The van der Waals surface area contributed by atoms with Gasteiger partial charge in [0, 0.05) is 10.4 Å². The van der Waals surface area contributed by atoms with Crippen molar-refractivity contribution in [1.82, 2.24) is 9.55 Å². The number of aromatic nitrogens is 2. The first-order valence-corrected chi connectivity index (χ1v) is 8.83. The van der Waals surface area contributed by atoms with Gasteiger partial charge < -0.3 is 0 Å². The molecule has 3 nitrogen and oxygen atoms in total. The number of rotatable bonds is 3. The van der Waals surface area contributed by atoms with Crippen LogP contribution in [0.4, 0.5) is 8.78 Å². The lowest BCUT2D eigenvalue weighted by atomic mass is 10.0. The SMILES string of the molecule is Cc1sc2ncn(Cc3ccc(F)cc3)c(=O)c2c1-c1ccc(F)cc1. The van der Waals surface area contributed by atoms with Crippen LogP contribution < -0.4 is 5.56 Å². The topological polar surface area (TPSA) is 34.9 Å². The van der Waals surface area contributed by atoms with Crippen molar-refractivity contribution >= 4 is 21.6 Å². The van der Waals surface area contributed by atoms with Crippen LogP contribution in [0.3, 0.4) is 0 Å². The van der Waals surface area contributed by atoms with Gasteiger partial charge in [0.25, 0.3) is 5.56 Å². The van der Waals surface area contributed by atoms with E-state index in [1.54, 1.807) is 24.3 Å². The van der Waals surface area contributed by atoms with E-state index in [1.807, 2.05) is 6.92 Å². The van der Waals surface area contributed by atoms with E-state index in [0.717, 1.165) is 21.6 Å². The van der Waals surface area contributed by atoms with E-state index >= 15 is 0 Å². The fraction of sp³-hybridized carbons (Fsp3) is 0.100. The minimum atomic E-state index is -0.321. The lowest BCUT2D eigenvalue weighted by molar-refractivity contribution is 0.626. The maximum Gasteiger partial charge on any atom is 0.263 e. The van der Waals surface area contributed by atoms with E-state index in [2.05, 4.69) is 4.98 Å². The average Bonchev–Trinajstić information content (AvgIpc) is 2.97. The first-order chi connectivity index (χ1) is 12.5. The smallest absolute Gasteiger partial charge is 0.263 e. The van der Waals surface area contributed by atoms with Gasteiger partial charge in [-0.3, -0.25) is 9.36 Å². The molecule has 130 valence electrons. The predicted molar refractivity (Wildman–Crippen MR) is 99.5 cm³/mol. The van der Waals surface area contributed by atoms with Gasteiger partial charge in [0.05, 0.1) is 18.3 Å². The number of hydrogen-bond donors (Lipinski definition) is 0. The van der Waals surface area contributed by atoms with Crippen LogP contribution in [0.2, 0.25) is 0 Å². The highest BCUT2D eigenvalue weighted by Gasteiger charge is 2.17. The van der Waals surface area contributed by atoms with Crippen molar-refractivity contribution in [3.8, 4) is 11.1 Å². The van der Waals surface area contributed by atoms with Crippen LogP contribution in [-0.4, -0.2) is 9.55 Å². The van der Waals surface area contributed by atoms with Gasteiger partial charge >= 0.3 is 0 Å². The molecule has 0 N–H and O–H groups in total. The Hall–Kier alpha value is -2.86. The average molecular weight is 368 g/mol. The molecule has 0 amide bonds. The number of thiophene rings is 1. The van der Waals surface area contributed by atoms with Crippen molar-refractivity contribution in [1.29, 1.82) is 0 Å². The maximum absolute atomic E-state index is 13.3. The molecule has 26 heavy (non-hydrogen) atoms. The number of fused-ring (bicyclic) bond motifs is 1. The molecule has 2 heterocycles. The minimum absolute atomic E-state index is 0.164.